The Labute approximate surface area is 143 Å². The topological polar surface area (TPSA) is 12.5 Å². The molecule has 1 saturated carbocycles. The molecule has 22 heavy (non-hydrogen) atoms. The van der Waals surface area contributed by atoms with Gasteiger partial charge in [0.15, 0.2) is 0 Å². The zero-order chi connectivity index (χ0) is 15.4. The van der Waals surface area contributed by atoms with Crippen molar-refractivity contribution in [3.63, 3.8) is 0 Å². The molecule has 1 aromatic carbocycles. The lowest BCUT2D eigenvalue weighted by molar-refractivity contribution is -0.0270. The Morgan fingerprint density at radius 1 is 1.32 bits per heavy atom. The zero-order valence-corrected chi connectivity index (χ0v) is 15.0. The number of benzene rings is 1. The molecule has 0 bridgehead atoms. The third kappa shape index (κ3) is 4.00. The molecular weight excluding hydrogens is 314 g/mol. The molecule has 1 aliphatic heterocycles. The van der Waals surface area contributed by atoms with Crippen LogP contribution >= 0.6 is 23.4 Å². The van der Waals surface area contributed by atoms with Crippen LogP contribution in [-0.2, 0) is 11.2 Å². The molecule has 0 radical (unpaired) electrons. The highest BCUT2D eigenvalue weighted by Crippen LogP contribution is 2.29. The average molecular weight is 340 g/mol. The van der Waals surface area contributed by atoms with Crippen molar-refractivity contribution in [3.8, 4) is 0 Å². The molecule has 0 N–H and O–H groups in total. The Hall–Kier alpha value is -0.220. The van der Waals surface area contributed by atoms with Gasteiger partial charge in [-0.3, -0.25) is 4.90 Å². The van der Waals surface area contributed by atoms with Crippen molar-refractivity contribution in [2.75, 3.05) is 24.8 Å². The fourth-order valence-corrected chi connectivity index (χ4v) is 5.04. The molecule has 2 nitrogen and oxygen atoms in total. The van der Waals surface area contributed by atoms with Crippen LogP contribution in [0, 0.1) is 6.92 Å². The zero-order valence-electron chi connectivity index (χ0n) is 13.4. The first-order valence-electron chi connectivity index (χ1n) is 8.43. The summed E-state index contributed by atoms with van der Waals surface area (Å²) in [6.45, 7) is 4.15. The number of ether oxygens (including phenoxy) is 1. The SMILES string of the molecule is Cc1cccc(Cl)c1CCOC1CCCCC1N1CCSC1. The molecule has 2 fully saturated rings. The lowest BCUT2D eigenvalue weighted by atomic mass is 9.91. The first-order valence-corrected chi connectivity index (χ1v) is 9.96. The highest BCUT2D eigenvalue weighted by Gasteiger charge is 2.32. The van der Waals surface area contributed by atoms with E-state index in [-0.39, 0.29) is 0 Å². The lowest BCUT2D eigenvalue weighted by Gasteiger charge is -2.37. The van der Waals surface area contributed by atoms with Crippen LogP contribution in [0.4, 0.5) is 0 Å². The first-order chi connectivity index (χ1) is 10.8. The molecular formula is C18H26ClNOS. The van der Waals surface area contributed by atoms with Gasteiger partial charge in [-0.1, -0.05) is 36.6 Å². The number of nitrogens with zero attached hydrogens (tertiary/aromatic N) is 1. The van der Waals surface area contributed by atoms with Crippen LogP contribution in [0.2, 0.25) is 5.02 Å². The molecule has 1 heterocycles. The molecule has 2 atom stereocenters. The van der Waals surface area contributed by atoms with Crippen molar-refractivity contribution >= 4 is 23.4 Å². The van der Waals surface area contributed by atoms with Gasteiger partial charge in [-0.25, -0.2) is 0 Å². The standard InChI is InChI=1S/C18H26ClNOS/c1-14-5-4-6-16(19)15(14)9-11-21-18-8-3-2-7-17(18)20-10-12-22-13-20/h4-6,17-18H,2-3,7-13H2,1H3. The van der Waals surface area contributed by atoms with E-state index in [9.17, 15) is 0 Å². The number of hydrogen-bond acceptors (Lipinski definition) is 3. The summed E-state index contributed by atoms with van der Waals surface area (Å²) in [6.07, 6.45) is 6.52. The van der Waals surface area contributed by atoms with Gasteiger partial charge >= 0.3 is 0 Å². The normalized spacial score (nSPS) is 26.5. The molecule has 2 aliphatic rings. The number of aryl methyl sites for hydroxylation is 1. The molecule has 0 aromatic heterocycles. The Balaban J connectivity index is 1.55. The van der Waals surface area contributed by atoms with E-state index in [1.165, 1.54) is 55.0 Å². The van der Waals surface area contributed by atoms with E-state index < -0.39 is 0 Å². The fraction of sp³-hybridized carbons (Fsp3) is 0.667. The minimum atomic E-state index is 0.412. The molecule has 1 aliphatic carbocycles. The van der Waals surface area contributed by atoms with Crippen molar-refractivity contribution in [2.45, 2.75) is 51.2 Å². The van der Waals surface area contributed by atoms with Gasteiger partial charge in [-0.05, 0) is 43.4 Å². The average Bonchev–Trinajstić information content (AvgIpc) is 3.05. The van der Waals surface area contributed by atoms with E-state index in [2.05, 4.69) is 29.7 Å². The van der Waals surface area contributed by atoms with Crippen LogP contribution in [0.25, 0.3) is 0 Å². The minimum absolute atomic E-state index is 0.412. The quantitative estimate of drug-likeness (QED) is 0.782. The lowest BCUT2D eigenvalue weighted by Crippen LogP contribution is -2.45. The highest BCUT2D eigenvalue weighted by molar-refractivity contribution is 7.99. The number of thioether (sulfide) groups is 1. The van der Waals surface area contributed by atoms with Crippen molar-refractivity contribution in [1.82, 2.24) is 4.90 Å². The summed E-state index contributed by atoms with van der Waals surface area (Å²) >= 11 is 8.37. The molecule has 1 aromatic rings. The predicted octanol–water partition coefficient (Wildman–Crippen LogP) is 4.53. The summed E-state index contributed by atoms with van der Waals surface area (Å²) in [4.78, 5) is 2.63. The van der Waals surface area contributed by atoms with Gasteiger partial charge in [0.1, 0.15) is 0 Å². The number of hydrogen-bond donors (Lipinski definition) is 0. The van der Waals surface area contributed by atoms with Gasteiger partial charge in [0.2, 0.25) is 0 Å². The molecule has 0 spiro atoms. The molecule has 1 saturated heterocycles. The van der Waals surface area contributed by atoms with E-state index >= 15 is 0 Å². The second kappa shape index (κ2) is 8.05. The van der Waals surface area contributed by atoms with E-state index in [4.69, 9.17) is 16.3 Å². The van der Waals surface area contributed by atoms with E-state index in [1.54, 1.807) is 0 Å². The number of rotatable bonds is 5. The van der Waals surface area contributed by atoms with Crippen LogP contribution in [-0.4, -0.2) is 41.8 Å². The van der Waals surface area contributed by atoms with Gasteiger partial charge in [0.25, 0.3) is 0 Å². The maximum absolute atomic E-state index is 6.32. The van der Waals surface area contributed by atoms with Crippen LogP contribution in [0.1, 0.15) is 36.8 Å². The second-order valence-corrected chi connectivity index (χ2v) is 7.88. The van der Waals surface area contributed by atoms with E-state index in [0.717, 1.165) is 18.1 Å². The summed E-state index contributed by atoms with van der Waals surface area (Å²) in [5, 5.41) is 0.875. The Morgan fingerprint density at radius 3 is 2.95 bits per heavy atom. The Kier molecular flexibility index (Phi) is 6.09. The summed E-state index contributed by atoms with van der Waals surface area (Å²) in [5.41, 5.74) is 2.51. The first kappa shape index (κ1) is 16.6. The summed E-state index contributed by atoms with van der Waals surface area (Å²) < 4.78 is 6.31. The monoisotopic (exact) mass is 339 g/mol. The minimum Gasteiger partial charge on any atom is -0.376 e. The molecule has 3 rings (SSSR count). The van der Waals surface area contributed by atoms with Crippen molar-refractivity contribution in [3.05, 3.63) is 34.3 Å². The van der Waals surface area contributed by atoms with Crippen molar-refractivity contribution in [1.29, 1.82) is 0 Å². The Bertz CT molecular complexity index is 470. The molecule has 2 unspecified atom stereocenters. The second-order valence-electron chi connectivity index (χ2n) is 6.40. The van der Waals surface area contributed by atoms with Crippen LogP contribution in [0.5, 0.6) is 0 Å². The summed E-state index contributed by atoms with van der Waals surface area (Å²) in [5.74, 6) is 2.47. The Morgan fingerprint density at radius 2 is 2.18 bits per heavy atom. The van der Waals surface area contributed by atoms with Gasteiger partial charge in [0.05, 0.1) is 12.7 Å². The molecule has 0 amide bonds. The maximum Gasteiger partial charge on any atom is 0.0730 e. The van der Waals surface area contributed by atoms with Gasteiger partial charge < -0.3 is 4.74 Å². The van der Waals surface area contributed by atoms with Crippen molar-refractivity contribution < 1.29 is 4.74 Å². The fourth-order valence-electron chi connectivity index (χ4n) is 3.67. The van der Waals surface area contributed by atoms with Gasteiger partial charge in [-0.2, -0.15) is 0 Å². The smallest absolute Gasteiger partial charge is 0.0730 e. The largest absolute Gasteiger partial charge is 0.376 e. The van der Waals surface area contributed by atoms with Crippen LogP contribution in [0.3, 0.4) is 0 Å². The third-order valence-corrected chi connectivity index (χ3v) is 6.29. The number of halogens is 1. The summed E-state index contributed by atoms with van der Waals surface area (Å²) in [6, 6.07) is 6.77. The van der Waals surface area contributed by atoms with E-state index in [0.29, 0.717) is 12.1 Å². The van der Waals surface area contributed by atoms with Crippen LogP contribution in [0.15, 0.2) is 18.2 Å². The summed E-state index contributed by atoms with van der Waals surface area (Å²) in [7, 11) is 0. The van der Waals surface area contributed by atoms with Crippen molar-refractivity contribution in [2.24, 2.45) is 0 Å². The molecule has 122 valence electrons. The third-order valence-electron chi connectivity index (χ3n) is 4.95. The highest BCUT2D eigenvalue weighted by atomic mass is 35.5. The maximum atomic E-state index is 6.32. The van der Waals surface area contributed by atoms with Gasteiger partial charge in [0, 0.05) is 29.2 Å². The molecule has 4 heteroatoms. The van der Waals surface area contributed by atoms with Crippen LogP contribution < -0.4 is 0 Å². The van der Waals surface area contributed by atoms with Gasteiger partial charge in [-0.15, -0.1) is 11.8 Å². The predicted molar refractivity (Wildman–Crippen MR) is 95.9 cm³/mol. The van der Waals surface area contributed by atoms with E-state index in [1.807, 2.05) is 12.1 Å².